The van der Waals surface area contributed by atoms with Gasteiger partial charge in [0.05, 0.1) is 33.6 Å². The van der Waals surface area contributed by atoms with Crippen LogP contribution in [0.2, 0.25) is 0 Å². The van der Waals surface area contributed by atoms with Gasteiger partial charge in [0.25, 0.3) is 5.91 Å². The Balaban J connectivity index is 1.61. The Morgan fingerprint density at radius 3 is 2.43 bits per heavy atom. The van der Waals surface area contributed by atoms with E-state index < -0.39 is 24.2 Å². The molecule has 1 amide bonds. The van der Waals surface area contributed by atoms with E-state index in [2.05, 4.69) is 15.7 Å². The molecule has 2 heterocycles. The first-order valence-electron chi connectivity index (χ1n) is 10.8. The summed E-state index contributed by atoms with van der Waals surface area (Å²) >= 11 is 0. The van der Waals surface area contributed by atoms with E-state index in [0.717, 1.165) is 16.4 Å². The topological polar surface area (TPSA) is 86.6 Å². The fraction of sp³-hybridized carbons (Fsp3) is 0.333. The van der Waals surface area contributed by atoms with Gasteiger partial charge in [0.1, 0.15) is 17.1 Å². The fourth-order valence-electron chi connectivity index (χ4n) is 4.04. The second kappa shape index (κ2) is 9.77. The fourth-order valence-corrected chi connectivity index (χ4v) is 4.04. The lowest BCUT2D eigenvalue weighted by Crippen LogP contribution is -2.36. The van der Waals surface area contributed by atoms with Crippen molar-refractivity contribution in [2.24, 2.45) is 0 Å². The molecule has 8 nitrogen and oxygen atoms in total. The van der Waals surface area contributed by atoms with Crippen molar-refractivity contribution < 1.29 is 32.2 Å². The lowest BCUT2D eigenvalue weighted by atomic mass is 9.96. The van der Waals surface area contributed by atoms with Crippen LogP contribution in [0, 0.1) is 0 Å². The molecule has 4 rings (SSSR count). The van der Waals surface area contributed by atoms with Gasteiger partial charge in [-0.25, -0.2) is 4.68 Å². The lowest BCUT2D eigenvalue weighted by molar-refractivity contribution is -0.173. The van der Waals surface area contributed by atoms with Gasteiger partial charge in [0.2, 0.25) is 0 Å². The molecule has 0 fully saturated rings. The standard InChI is InChI=1S/C24H25F3N4O4/c1-33-16-7-4-14(5-8-16)12-28-23(32)17-13-29-31-21(24(25,26)27)11-18(30-22(17)31)15-6-9-19(34-2)20(10-15)35-3/h4-10,13,18,21,30H,11-12H2,1-3H3,(H,28,32)/t18-,21+/m0/s1. The van der Waals surface area contributed by atoms with Crippen molar-refractivity contribution in [1.29, 1.82) is 0 Å². The van der Waals surface area contributed by atoms with Gasteiger partial charge in [0, 0.05) is 13.0 Å². The number of aromatic nitrogens is 2. The molecule has 0 radical (unpaired) electrons. The zero-order valence-electron chi connectivity index (χ0n) is 19.3. The van der Waals surface area contributed by atoms with Crippen LogP contribution in [-0.2, 0) is 6.54 Å². The van der Waals surface area contributed by atoms with Gasteiger partial charge >= 0.3 is 6.18 Å². The van der Waals surface area contributed by atoms with Crippen molar-refractivity contribution >= 4 is 11.7 Å². The maximum absolute atomic E-state index is 14.0. The summed E-state index contributed by atoms with van der Waals surface area (Å²) in [7, 11) is 4.48. The molecule has 2 N–H and O–H groups in total. The normalized spacial score (nSPS) is 17.2. The summed E-state index contributed by atoms with van der Waals surface area (Å²) in [6, 6.07) is 9.38. The second-order valence-electron chi connectivity index (χ2n) is 7.99. The highest BCUT2D eigenvalue weighted by atomic mass is 19.4. The number of hydrogen-bond donors (Lipinski definition) is 2. The van der Waals surface area contributed by atoms with E-state index in [4.69, 9.17) is 14.2 Å². The van der Waals surface area contributed by atoms with Gasteiger partial charge in [-0.05, 0) is 35.4 Å². The first kappa shape index (κ1) is 24.2. The van der Waals surface area contributed by atoms with Gasteiger partial charge < -0.3 is 24.8 Å². The Hall–Kier alpha value is -3.89. The van der Waals surface area contributed by atoms with E-state index in [0.29, 0.717) is 22.8 Å². The molecule has 1 aliphatic heterocycles. The minimum absolute atomic E-state index is 0.00518. The third-order valence-corrected chi connectivity index (χ3v) is 5.91. The van der Waals surface area contributed by atoms with Crippen LogP contribution in [0.25, 0.3) is 0 Å². The van der Waals surface area contributed by atoms with Gasteiger partial charge in [-0.1, -0.05) is 18.2 Å². The molecule has 0 bridgehead atoms. The quantitative estimate of drug-likeness (QED) is 0.507. The predicted octanol–water partition coefficient (Wildman–Crippen LogP) is 4.50. The van der Waals surface area contributed by atoms with Crippen molar-refractivity contribution in [3.8, 4) is 17.2 Å². The van der Waals surface area contributed by atoms with Crippen molar-refractivity contribution in [3.63, 3.8) is 0 Å². The van der Waals surface area contributed by atoms with Gasteiger partial charge in [-0.15, -0.1) is 0 Å². The molecule has 186 valence electrons. The van der Waals surface area contributed by atoms with Crippen LogP contribution >= 0.6 is 0 Å². The number of anilines is 1. The van der Waals surface area contributed by atoms with Crippen LogP contribution in [-0.4, -0.2) is 43.2 Å². The van der Waals surface area contributed by atoms with Crippen molar-refractivity contribution in [2.75, 3.05) is 26.6 Å². The third kappa shape index (κ3) is 4.98. The Bertz CT molecular complexity index is 1190. The maximum atomic E-state index is 14.0. The van der Waals surface area contributed by atoms with Crippen molar-refractivity contribution in [3.05, 3.63) is 65.4 Å². The highest BCUT2D eigenvalue weighted by molar-refractivity contribution is 5.98. The molecule has 2 aromatic carbocycles. The number of ether oxygens (including phenoxy) is 3. The molecule has 0 saturated heterocycles. The first-order chi connectivity index (χ1) is 16.7. The smallest absolute Gasteiger partial charge is 0.410 e. The lowest BCUT2D eigenvalue weighted by Gasteiger charge is -2.34. The molecule has 0 aliphatic carbocycles. The molecule has 1 aromatic heterocycles. The Labute approximate surface area is 200 Å². The number of benzene rings is 2. The summed E-state index contributed by atoms with van der Waals surface area (Å²) in [6.45, 7) is 0.190. The van der Waals surface area contributed by atoms with Gasteiger partial charge in [-0.3, -0.25) is 4.79 Å². The van der Waals surface area contributed by atoms with Crippen LogP contribution in [0.1, 0.15) is 40.0 Å². The summed E-state index contributed by atoms with van der Waals surface area (Å²) in [5.74, 6) is 0.999. The molecule has 11 heteroatoms. The van der Waals surface area contributed by atoms with E-state index >= 15 is 0 Å². The van der Waals surface area contributed by atoms with E-state index in [1.165, 1.54) is 14.2 Å². The number of carbonyl (C=O) groups excluding carboxylic acids is 1. The Morgan fingerprint density at radius 1 is 1.09 bits per heavy atom. The molecule has 0 unspecified atom stereocenters. The minimum atomic E-state index is -4.56. The number of alkyl halides is 3. The zero-order valence-corrected chi connectivity index (χ0v) is 19.3. The third-order valence-electron chi connectivity index (χ3n) is 5.91. The number of carbonyl (C=O) groups is 1. The van der Waals surface area contributed by atoms with Crippen LogP contribution < -0.4 is 24.8 Å². The SMILES string of the molecule is COc1ccc(CNC(=O)c2cnn3c2N[C@H](c2ccc(OC)c(OC)c2)C[C@@H]3C(F)(F)F)cc1. The van der Waals surface area contributed by atoms with Gasteiger partial charge in [-0.2, -0.15) is 18.3 Å². The van der Waals surface area contributed by atoms with Crippen LogP contribution in [0.4, 0.5) is 19.0 Å². The predicted molar refractivity (Wildman–Crippen MR) is 122 cm³/mol. The molecule has 0 spiro atoms. The molecule has 1 aliphatic rings. The zero-order chi connectivity index (χ0) is 25.2. The van der Waals surface area contributed by atoms with Crippen LogP contribution in [0.3, 0.4) is 0 Å². The summed E-state index contributed by atoms with van der Waals surface area (Å²) in [5.41, 5.74) is 1.40. The maximum Gasteiger partial charge on any atom is 0.410 e. The van der Waals surface area contributed by atoms with Gasteiger partial charge in [0.15, 0.2) is 17.5 Å². The summed E-state index contributed by atoms with van der Waals surface area (Å²) in [6.07, 6.45) is -3.71. The molecule has 3 aromatic rings. The molecular weight excluding hydrogens is 465 g/mol. The van der Waals surface area contributed by atoms with E-state index in [9.17, 15) is 18.0 Å². The average Bonchev–Trinajstić information content (AvgIpc) is 3.30. The Morgan fingerprint density at radius 2 is 1.80 bits per heavy atom. The number of methoxy groups -OCH3 is 3. The number of halogens is 3. The number of hydrogen-bond acceptors (Lipinski definition) is 6. The van der Waals surface area contributed by atoms with Crippen LogP contribution in [0.15, 0.2) is 48.7 Å². The summed E-state index contributed by atoms with van der Waals surface area (Å²) in [5, 5.41) is 9.72. The molecule has 0 saturated carbocycles. The van der Waals surface area contributed by atoms with E-state index in [1.54, 1.807) is 49.6 Å². The number of rotatable bonds is 7. The molecule has 2 atom stereocenters. The van der Waals surface area contributed by atoms with Crippen molar-refractivity contribution in [1.82, 2.24) is 15.1 Å². The average molecular weight is 490 g/mol. The van der Waals surface area contributed by atoms with E-state index in [-0.39, 0.29) is 24.3 Å². The van der Waals surface area contributed by atoms with Crippen LogP contribution in [0.5, 0.6) is 17.2 Å². The number of fused-ring (bicyclic) bond motifs is 1. The summed E-state index contributed by atoms with van der Waals surface area (Å²) < 4.78 is 58.4. The number of nitrogens with one attached hydrogen (secondary N) is 2. The minimum Gasteiger partial charge on any atom is -0.497 e. The molecular formula is C24H25F3N4O4. The highest BCUT2D eigenvalue weighted by Gasteiger charge is 2.47. The largest absolute Gasteiger partial charge is 0.497 e. The first-order valence-corrected chi connectivity index (χ1v) is 10.8. The summed E-state index contributed by atoms with van der Waals surface area (Å²) in [4.78, 5) is 12.9. The van der Waals surface area contributed by atoms with E-state index in [1.807, 2.05) is 0 Å². The second-order valence-corrected chi connectivity index (χ2v) is 7.99. The van der Waals surface area contributed by atoms with Crippen molar-refractivity contribution in [2.45, 2.75) is 31.2 Å². The number of amides is 1. The highest BCUT2D eigenvalue weighted by Crippen LogP contribution is 2.45. The number of nitrogens with zero attached hydrogens (tertiary/aromatic N) is 2. The molecule has 35 heavy (non-hydrogen) atoms. The monoisotopic (exact) mass is 490 g/mol. The Kier molecular flexibility index (Phi) is 6.77.